The fourth-order valence-corrected chi connectivity index (χ4v) is 1.84. The van der Waals surface area contributed by atoms with Crippen LogP contribution in [0.1, 0.15) is 52.9 Å². The van der Waals surface area contributed by atoms with Gasteiger partial charge in [-0.05, 0) is 52.9 Å². The van der Waals surface area contributed by atoms with Crippen LogP contribution in [0, 0.1) is 0 Å². The predicted molar refractivity (Wildman–Crippen MR) is 68.7 cm³/mol. The SMILES string of the molecule is CC(C)OCCCCC(C)(NC1CC1)C(N)=O. The maximum atomic E-state index is 11.5. The molecule has 0 aromatic carbocycles. The molecule has 1 unspecified atom stereocenters. The van der Waals surface area contributed by atoms with Crippen molar-refractivity contribution in [3.8, 4) is 0 Å². The quantitative estimate of drug-likeness (QED) is 0.603. The third-order valence-corrected chi connectivity index (χ3v) is 3.17. The fraction of sp³-hybridized carbons (Fsp3) is 0.923. The molecule has 1 amide bonds. The summed E-state index contributed by atoms with van der Waals surface area (Å²) < 4.78 is 5.47. The van der Waals surface area contributed by atoms with Crippen LogP contribution in [0.4, 0.5) is 0 Å². The average molecular weight is 242 g/mol. The molecule has 0 aromatic rings. The van der Waals surface area contributed by atoms with Gasteiger partial charge in [-0.15, -0.1) is 0 Å². The van der Waals surface area contributed by atoms with E-state index in [9.17, 15) is 4.79 Å². The summed E-state index contributed by atoms with van der Waals surface area (Å²) in [5.74, 6) is -0.242. The van der Waals surface area contributed by atoms with Gasteiger partial charge in [-0.25, -0.2) is 0 Å². The average Bonchev–Trinajstić information content (AvgIpc) is 3.00. The van der Waals surface area contributed by atoms with E-state index in [0.717, 1.165) is 25.9 Å². The predicted octanol–water partition coefficient (Wildman–Crippen LogP) is 1.58. The number of nitrogens with one attached hydrogen (secondary N) is 1. The number of carbonyl (C=O) groups excluding carboxylic acids is 1. The zero-order chi connectivity index (χ0) is 12.9. The minimum Gasteiger partial charge on any atom is -0.379 e. The van der Waals surface area contributed by atoms with Gasteiger partial charge < -0.3 is 15.8 Å². The van der Waals surface area contributed by atoms with Crippen molar-refractivity contribution in [3.63, 3.8) is 0 Å². The highest BCUT2D eigenvalue weighted by molar-refractivity contribution is 5.84. The van der Waals surface area contributed by atoms with Gasteiger partial charge in [0.25, 0.3) is 0 Å². The van der Waals surface area contributed by atoms with E-state index >= 15 is 0 Å². The molecule has 1 aliphatic rings. The van der Waals surface area contributed by atoms with E-state index in [1.807, 2.05) is 20.8 Å². The molecule has 1 rings (SSSR count). The molecule has 4 nitrogen and oxygen atoms in total. The number of ether oxygens (including phenoxy) is 1. The molecule has 1 fully saturated rings. The molecule has 0 radical (unpaired) electrons. The first-order valence-electron chi connectivity index (χ1n) is 6.63. The van der Waals surface area contributed by atoms with Gasteiger partial charge in [-0.1, -0.05) is 0 Å². The molecular formula is C13H26N2O2. The van der Waals surface area contributed by atoms with Crippen LogP contribution in [0.15, 0.2) is 0 Å². The lowest BCUT2D eigenvalue weighted by Crippen LogP contribution is -2.53. The van der Waals surface area contributed by atoms with Gasteiger partial charge in [0.1, 0.15) is 0 Å². The molecule has 4 heteroatoms. The van der Waals surface area contributed by atoms with Crippen molar-refractivity contribution in [2.75, 3.05) is 6.61 Å². The smallest absolute Gasteiger partial charge is 0.237 e. The van der Waals surface area contributed by atoms with Gasteiger partial charge >= 0.3 is 0 Å². The lowest BCUT2D eigenvalue weighted by atomic mass is 9.94. The summed E-state index contributed by atoms with van der Waals surface area (Å²) >= 11 is 0. The second kappa shape index (κ2) is 6.36. The molecule has 3 N–H and O–H groups in total. The summed E-state index contributed by atoms with van der Waals surface area (Å²) in [6, 6.07) is 0.499. The fourth-order valence-electron chi connectivity index (χ4n) is 1.84. The number of unbranched alkanes of at least 4 members (excludes halogenated alkanes) is 1. The minimum atomic E-state index is -0.543. The molecule has 1 aliphatic carbocycles. The Labute approximate surface area is 104 Å². The van der Waals surface area contributed by atoms with Gasteiger partial charge in [-0.3, -0.25) is 4.79 Å². The largest absolute Gasteiger partial charge is 0.379 e. The first-order valence-corrected chi connectivity index (χ1v) is 6.63. The van der Waals surface area contributed by atoms with Gasteiger partial charge in [0, 0.05) is 12.6 Å². The van der Waals surface area contributed by atoms with E-state index in [1.54, 1.807) is 0 Å². The van der Waals surface area contributed by atoms with Crippen molar-refractivity contribution < 1.29 is 9.53 Å². The van der Waals surface area contributed by atoms with Crippen LogP contribution >= 0.6 is 0 Å². The normalized spacial score (nSPS) is 19.3. The van der Waals surface area contributed by atoms with Crippen LogP contribution in [-0.2, 0) is 9.53 Å². The maximum Gasteiger partial charge on any atom is 0.237 e. The Kier molecular flexibility index (Phi) is 5.40. The van der Waals surface area contributed by atoms with Crippen molar-refractivity contribution in [2.24, 2.45) is 5.73 Å². The first-order chi connectivity index (χ1) is 7.94. The molecule has 0 aromatic heterocycles. The van der Waals surface area contributed by atoms with Gasteiger partial charge in [0.05, 0.1) is 11.6 Å². The first kappa shape index (κ1) is 14.5. The summed E-state index contributed by atoms with van der Waals surface area (Å²) in [7, 11) is 0. The molecule has 0 aliphatic heterocycles. The summed E-state index contributed by atoms with van der Waals surface area (Å²) in [4.78, 5) is 11.5. The van der Waals surface area contributed by atoms with Crippen molar-refractivity contribution in [1.82, 2.24) is 5.32 Å². The van der Waals surface area contributed by atoms with Crippen LogP contribution in [0.5, 0.6) is 0 Å². The Hall–Kier alpha value is -0.610. The topological polar surface area (TPSA) is 64.3 Å². The van der Waals surface area contributed by atoms with E-state index in [4.69, 9.17) is 10.5 Å². The third-order valence-electron chi connectivity index (χ3n) is 3.17. The number of hydrogen-bond acceptors (Lipinski definition) is 3. The van der Waals surface area contributed by atoms with Crippen molar-refractivity contribution in [3.05, 3.63) is 0 Å². The summed E-state index contributed by atoms with van der Waals surface area (Å²) in [6.45, 7) is 6.73. The number of hydrogen-bond donors (Lipinski definition) is 2. The number of rotatable bonds is 9. The van der Waals surface area contributed by atoms with Crippen LogP contribution in [0.25, 0.3) is 0 Å². The third kappa shape index (κ3) is 5.50. The minimum absolute atomic E-state index is 0.242. The number of nitrogens with two attached hydrogens (primary N) is 1. The molecule has 100 valence electrons. The maximum absolute atomic E-state index is 11.5. The molecule has 0 saturated heterocycles. The van der Waals surface area contributed by atoms with Gasteiger partial charge in [0.2, 0.25) is 5.91 Å². The monoisotopic (exact) mass is 242 g/mol. The van der Waals surface area contributed by atoms with E-state index in [0.29, 0.717) is 6.04 Å². The summed E-state index contributed by atoms with van der Waals surface area (Å²) in [5.41, 5.74) is 4.93. The van der Waals surface area contributed by atoms with E-state index in [1.165, 1.54) is 12.8 Å². The van der Waals surface area contributed by atoms with Crippen molar-refractivity contribution in [1.29, 1.82) is 0 Å². The number of carbonyl (C=O) groups is 1. The Morgan fingerprint density at radius 2 is 2.12 bits per heavy atom. The summed E-state index contributed by atoms with van der Waals surface area (Å²) in [6.07, 6.45) is 5.35. The second-order valence-corrected chi connectivity index (χ2v) is 5.49. The molecule has 1 atom stereocenters. The Morgan fingerprint density at radius 1 is 1.47 bits per heavy atom. The molecular weight excluding hydrogens is 216 g/mol. The van der Waals surface area contributed by atoms with Gasteiger partial charge in [-0.2, -0.15) is 0 Å². The highest BCUT2D eigenvalue weighted by Gasteiger charge is 2.36. The molecule has 0 bridgehead atoms. The van der Waals surface area contributed by atoms with Crippen LogP contribution in [0.3, 0.4) is 0 Å². The van der Waals surface area contributed by atoms with Crippen LogP contribution in [-0.4, -0.2) is 30.2 Å². The lowest BCUT2D eigenvalue weighted by molar-refractivity contribution is -0.124. The lowest BCUT2D eigenvalue weighted by Gasteiger charge is -2.27. The Bertz CT molecular complexity index is 252. The molecule has 17 heavy (non-hydrogen) atoms. The number of primary amides is 1. The Morgan fingerprint density at radius 3 is 2.59 bits per heavy atom. The highest BCUT2D eigenvalue weighted by atomic mass is 16.5. The van der Waals surface area contributed by atoms with Gasteiger partial charge in [0.15, 0.2) is 0 Å². The highest BCUT2D eigenvalue weighted by Crippen LogP contribution is 2.25. The van der Waals surface area contributed by atoms with E-state index in [2.05, 4.69) is 5.32 Å². The standard InChI is InChI=1S/C13H26N2O2/c1-10(2)17-9-5-4-8-13(3,12(14)16)15-11-6-7-11/h10-11,15H,4-9H2,1-3H3,(H2,14,16). The van der Waals surface area contributed by atoms with Crippen LogP contribution < -0.4 is 11.1 Å². The number of amides is 1. The Balaban J connectivity index is 2.21. The van der Waals surface area contributed by atoms with Crippen molar-refractivity contribution >= 4 is 5.91 Å². The van der Waals surface area contributed by atoms with E-state index < -0.39 is 5.54 Å². The molecule has 0 heterocycles. The zero-order valence-electron chi connectivity index (χ0n) is 11.3. The zero-order valence-corrected chi connectivity index (χ0v) is 11.3. The second-order valence-electron chi connectivity index (χ2n) is 5.49. The molecule has 0 spiro atoms. The van der Waals surface area contributed by atoms with E-state index in [-0.39, 0.29) is 12.0 Å². The van der Waals surface area contributed by atoms with Crippen molar-refractivity contribution in [2.45, 2.75) is 70.6 Å². The van der Waals surface area contributed by atoms with Crippen LogP contribution in [0.2, 0.25) is 0 Å². The molecule has 1 saturated carbocycles. The summed E-state index contributed by atoms with van der Waals surface area (Å²) in [5, 5.41) is 3.35.